The van der Waals surface area contributed by atoms with Crippen molar-refractivity contribution in [1.82, 2.24) is 10.2 Å². The van der Waals surface area contributed by atoms with Gasteiger partial charge in [-0.05, 0) is 19.8 Å². The van der Waals surface area contributed by atoms with Gasteiger partial charge >= 0.3 is 11.9 Å². The highest BCUT2D eigenvalue weighted by atomic mass is 16.4. The maximum Gasteiger partial charge on any atom is 0.323 e. The van der Waals surface area contributed by atoms with E-state index in [4.69, 9.17) is 10.2 Å². The summed E-state index contributed by atoms with van der Waals surface area (Å²) >= 11 is 0. The minimum absolute atomic E-state index is 0.0282. The zero-order chi connectivity index (χ0) is 16.4. The lowest BCUT2D eigenvalue weighted by molar-refractivity contribution is -0.146. The highest BCUT2D eigenvalue weighted by molar-refractivity contribution is 5.83. The lowest BCUT2D eigenvalue weighted by Crippen LogP contribution is -2.41. The summed E-state index contributed by atoms with van der Waals surface area (Å²) in [6, 6.07) is -0.186. The Labute approximate surface area is 123 Å². The minimum atomic E-state index is -1.14. The SMILES string of the molecule is CCC(C)N(CC(=O)O)C(=O)CCCC(=O)NCC(=O)O. The number of hydrogen-bond donors (Lipinski definition) is 3. The van der Waals surface area contributed by atoms with Crippen LogP contribution in [0.1, 0.15) is 39.5 Å². The van der Waals surface area contributed by atoms with E-state index in [1.807, 2.05) is 6.92 Å². The van der Waals surface area contributed by atoms with Gasteiger partial charge in [-0.15, -0.1) is 0 Å². The third-order valence-electron chi connectivity index (χ3n) is 2.98. The Bertz CT molecular complexity index is 396. The Balaban J connectivity index is 4.22. The molecule has 8 heteroatoms. The largest absolute Gasteiger partial charge is 0.480 e. The number of carbonyl (C=O) groups excluding carboxylic acids is 2. The van der Waals surface area contributed by atoms with Gasteiger partial charge < -0.3 is 20.4 Å². The lowest BCUT2D eigenvalue weighted by atomic mass is 10.1. The van der Waals surface area contributed by atoms with Crippen LogP contribution in [0.15, 0.2) is 0 Å². The monoisotopic (exact) mass is 302 g/mol. The fraction of sp³-hybridized carbons (Fsp3) is 0.692. The molecule has 0 saturated carbocycles. The molecule has 0 saturated heterocycles. The van der Waals surface area contributed by atoms with Crippen LogP contribution in [0.2, 0.25) is 0 Å². The first-order valence-electron chi connectivity index (χ1n) is 6.77. The number of carbonyl (C=O) groups is 4. The molecule has 2 amide bonds. The second-order valence-corrected chi connectivity index (χ2v) is 4.70. The summed E-state index contributed by atoms with van der Waals surface area (Å²) in [5.74, 6) is -2.98. The number of aliphatic carboxylic acids is 2. The number of carboxylic acids is 2. The summed E-state index contributed by atoms with van der Waals surface area (Å²) in [4.78, 5) is 45.5. The van der Waals surface area contributed by atoms with Crippen LogP contribution in [-0.4, -0.2) is 58.0 Å². The Hall–Kier alpha value is -2.12. The molecule has 1 unspecified atom stereocenters. The Morgan fingerprint density at radius 2 is 1.71 bits per heavy atom. The predicted molar refractivity (Wildman–Crippen MR) is 73.6 cm³/mol. The van der Waals surface area contributed by atoms with Crippen molar-refractivity contribution in [2.24, 2.45) is 0 Å². The van der Waals surface area contributed by atoms with Crippen molar-refractivity contribution in [3.63, 3.8) is 0 Å². The summed E-state index contributed by atoms with van der Waals surface area (Å²) < 4.78 is 0. The lowest BCUT2D eigenvalue weighted by Gasteiger charge is -2.27. The molecule has 0 radical (unpaired) electrons. The van der Waals surface area contributed by atoms with E-state index in [1.54, 1.807) is 6.92 Å². The van der Waals surface area contributed by atoms with Gasteiger partial charge in [0.1, 0.15) is 13.1 Å². The minimum Gasteiger partial charge on any atom is -0.480 e. The van der Waals surface area contributed by atoms with Crippen molar-refractivity contribution in [3.8, 4) is 0 Å². The molecule has 1 atom stereocenters. The molecule has 0 heterocycles. The number of nitrogens with zero attached hydrogens (tertiary/aromatic N) is 1. The number of nitrogens with one attached hydrogen (secondary N) is 1. The van der Waals surface area contributed by atoms with Crippen molar-refractivity contribution in [3.05, 3.63) is 0 Å². The Morgan fingerprint density at radius 1 is 1.10 bits per heavy atom. The van der Waals surface area contributed by atoms with Crippen molar-refractivity contribution in [1.29, 1.82) is 0 Å². The molecule has 0 spiro atoms. The van der Waals surface area contributed by atoms with Gasteiger partial charge in [0, 0.05) is 18.9 Å². The average Bonchev–Trinajstić information content (AvgIpc) is 2.41. The van der Waals surface area contributed by atoms with E-state index in [9.17, 15) is 19.2 Å². The van der Waals surface area contributed by atoms with Gasteiger partial charge in [0.05, 0.1) is 0 Å². The first-order chi connectivity index (χ1) is 9.77. The molecule has 0 fully saturated rings. The molecule has 0 aromatic carbocycles. The highest BCUT2D eigenvalue weighted by Crippen LogP contribution is 2.08. The van der Waals surface area contributed by atoms with Gasteiger partial charge in [-0.25, -0.2) is 0 Å². The Kier molecular flexibility index (Phi) is 8.75. The molecule has 0 rings (SSSR count). The van der Waals surface area contributed by atoms with Crippen LogP contribution in [0.4, 0.5) is 0 Å². The summed E-state index contributed by atoms with van der Waals surface area (Å²) in [5, 5.41) is 19.4. The van der Waals surface area contributed by atoms with Crippen molar-refractivity contribution in [2.75, 3.05) is 13.1 Å². The van der Waals surface area contributed by atoms with E-state index < -0.39 is 24.4 Å². The quantitative estimate of drug-likeness (QED) is 0.524. The molecule has 0 aliphatic heterocycles. The van der Waals surface area contributed by atoms with Gasteiger partial charge in [-0.1, -0.05) is 6.92 Å². The molecule has 0 bridgehead atoms. The van der Waals surface area contributed by atoms with Crippen LogP contribution in [0.5, 0.6) is 0 Å². The number of amides is 2. The summed E-state index contributed by atoms with van der Waals surface area (Å²) in [6.45, 7) is 2.80. The molecular weight excluding hydrogens is 280 g/mol. The smallest absolute Gasteiger partial charge is 0.323 e. The molecule has 0 aromatic rings. The zero-order valence-electron chi connectivity index (χ0n) is 12.3. The predicted octanol–water partition coefficient (Wildman–Crippen LogP) is 0.0692. The zero-order valence-corrected chi connectivity index (χ0v) is 12.3. The fourth-order valence-electron chi connectivity index (χ4n) is 1.66. The molecule has 0 aliphatic carbocycles. The van der Waals surface area contributed by atoms with Crippen molar-refractivity contribution >= 4 is 23.8 Å². The summed E-state index contributed by atoms with van der Waals surface area (Å²) in [6.07, 6.45) is 0.966. The molecule has 0 aromatic heterocycles. The third kappa shape index (κ3) is 8.61. The van der Waals surface area contributed by atoms with E-state index >= 15 is 0 Å². The Morgan fingerprint density at radius 3 is 2.19 bits per heavy atom. The van der Waals surface area contributed by atoms with Crippen LogP contribution in [0.3, 0.4) is 0 Å². The third-order valence-corrected chi connectivity index (χ3v) is 2.98. The first kappa shape index (κ1) is 18.9. The van der Waals surface area contributed by atoms with E-state index in [-0.39, 0.29) is 37.8 Å². The number of hydrogen-bond acceptors (Lipinski definition) is 4. The van der Waals surface area contributed by atoms with Crippen molar-refractivity contribution < 1.29 is 29.4 Å². The highest BCUT2D eigenvalue weighted by Gasteiger charge is 2.21. The summed E-state index contributed by atoms with van der Waals surface area (Å²) in [5.41, 5.74) is 0. The molecule has 3 N–H and O–H groups in total. The second kappa shape index (κ2) is 9.73. The molecule has 0 aliphatic rings. The van der Waals surface area contributed by atoms with E-state index in [1.165, 1.54) is 4.90 Å². The van der Waals surface area contributed by atoms with E-state index in [0.717, 1.165) is 0 Å². The van der Waals surface area contributed by atoms with Crippen molar-refractivity contribution in [2.45, 2.75) is 45.6 Å². The van der Waals surface area contributed by atoms with Crippen LogP contribution in [0, 0.1) is 0 Å². The molecule has 120 valence electrons. The van der Waals surface area contributed by atoms with Crippen LogP contribution in [0.25, 0.3) is 0 Å². The molecule has 21 heavy (non-hydrogen) atoms. The van der Waals surface area contributed by atoms with Crippen LogP contribution < -0.4 is 5.32 Å². The van der Waals surface area contributed by atoms with E-state index in [0.29, 0.717) is 6.42 Å². The average molecular weight is 302 g/mol. The van der Waals surface area contributed by atoms with E-state index in [2.05, 4.69) is 5.32 Å². The maximum atomic E-state index is 12.0. The number of carboxylic acid groups (broad SMARTS) is 2. The standard InChI is InChI=1S/C13H22N2O6/c1-3-9(2)15(8-13(20)21)11(17)6-4-5-10(16)14-7-12(18)19/h9H,3-8H2,1-2H3,(H,14,16)(H,18,19)(H,20,21). The maximum absolute atomic E-state index is 12.0. The van der Waals surface area contributed by atoms with Gasteiger partial charge in [-0.2, -0.15) is 0 Å². The first-order valence-corrected chi connectivity index (χ1v) is 6.77. The van der Waals surface area contributed by atoms with Gasteiger partial charge in [0.25, 0.3) is 0 Å². The second-order valence-electron chi connectivity index (χ2n) is 4.70. The van der Waals surface area contributed by atoms with Gasteiger partial charge in [0.15, 0.2) is 0 Å². The fourth-order valence-corrected chi connectivity index (χ4v) is 1.66. The summed E-state index contributed by atoms with van der Waals surface area (Å²) in [7, 11) is 0. The van der Waals surface area contributed by atoms with Gasteiger partial charge in [-0.3, -0.25) is 19.2 Å². The topological polar surface area (TPSA) is 124 Å². The van der Waals surface area contributed by atoms with Crippen LogP contribution in [-0.2, 0) is 19.2 Å². The normalized spacial score (nSPS) is 11.5. The molecular formula is C13H22N2O6. The number of rotatable bonds is 10. The van der Waals surface area contributed by atoms with Gasteiger partial charge in [0.2, 0.25) is 11.8 Å². The molecule has 8 nitrogen and oxygen atoms in total. The van der Waals surface area contributed by atoms with Crippen LogP contribution >= 0.6 is 0 Å².